The van der Waals surface area contributed by atoms with E-state index in [1.54, 1.807) is 4.68 Å². The number of rotatable bonds is 4. The molecular weight excluding hydrogens is 288 g/mol. The number of carbonyl (C=O) groups is 1. The van der Waals surface area contributed by atoms with Crippen molar-refractivity contribution in [2.24, 2.45) is 7.05 Å². The van der Waals surface area contributed by atoms with E-state index in [-0.39, 0.29) is 18.1 Å². The summed E-state index contributed by atoms with van der Waals surface area (Å²) in [5.74, 6) is 0.714. The molecule has 3 rings (SSSR count). The number of ketones is 1. The third-order valence-corrected chi connectivity index (χ3v) is 4.37. The molecular formula is C16H17ClN2O2. The molecule has 2 aromatic rings. The van der Waals surface area contributed by atoms with E-state index in [1.165, 1.54) is 0 Å². The molecule has 0 N–H and O–H groups in total. The van der Waals surface area contributed by atoms with Crippen LogP contribution in [0.1, 0.15) is 29.8 Å². The van der Waals surface area contributed by atoms with Gasteiger partial charge in [-0.05, 0) is 12.5 Å². The smallest absolute Gasteiger partial charge is 0.149 e. The summed E-state index contributed by atoms with van der Waals surface area (Å²) in [5, 5.41) is 4.97. The average molecular weight is 305 g/mol. The van der Waals surface area contributed by atoms with Crippen molar-refractivity contribution in [3.8, 4) is 5.75 Å². The first-order chi connectivity index (χ1) is 10.1. The highest BCUT2D eigenvalue weighted by Gasteiger charge is 2.31. The number of nitrogens with zero attached hydrogens (tertiary/aromatic N) is 2. The minimum absolute atomic E-state index is 0.118. The Bertz CT molecular complexity index is 694. The van der Waals surface area contributed by atoms with Crippen LogP contribution in [0.5, 0.6) is 5.75 Å². The van der Waals surface area contributed by atoms with Gasteiger partial charge in [-0.2, -0.15) is 5.10 Å². The maximum Gasteiger partial charge on any atom is 0.149 e. The summed E-state index contributed by atoms with van der Waals surface area (Å²) in [7, 11) is 1.83. The van der Waals surface area contributed by atoms with Crippen LogP contribution < -0.4 is 4.74 Å². The van der Waals surface area contributed by atoms with Crippen LogP contribution in [-0.4, -0.2) is 22.2 Å². The third kappa shape index (κ3) is 2.44. The fourth-order valence-corrected chi connectivity index (χ4v) is 3.09. The number of Topliss-reactive ketones (excluding diaryl/α,β-unsaturated/α-hetero) is 1. The van der Waals surface area contributed by atoms with Crippen LogP contribution >= 0.6 is 11.6 Å². The largest absolute Gasteiger partial charge is 0.492 e. The number of carbonyl (C=O) groups excluding carboxylic acids is 1. The summed E-state index contributed by atoms with van der Waals surface area (Å²) >= 11 is 6.31. The number of benzene rings is 1. The van der Waals surface area contributed by atoms with Crippen molar-refractivity contribution in [1.29, 1.82) is 0 Å². The Morgan fingerprint density at radius 2 is 2.24 bits per heavy atom. The summed E-state index contributed by atoms with van der Waals surface area (Å²) in [6.45, 7) is 2.41. The molecule has 1 aromatic carbocycles. The minimum atomic E-state index is -0.211. The second-order valence-electron chi connectivity index (χ2n) is 5.23. The molecule has 0 radical (unpaired) electrons. The van der Waals surface area contributed by atoms with Crippen molar-refractivity contribution >= 4 is 17.4 Å². The van der Waals surface area contributed by atoms with Crippen LogP contribution in [0.4, 0.5) is 0 Å². The topological polar surface area (TPSA) is 44.1 Å². The molecule has 0 saturated heterocycles. The van der Waals surface area contributed by atoms with E-state index >= 15 is 0 Å². The maximum absolute atomic E-state index is 12.6. The normalized spacial score (nSPS) is 16.6. The average Bonchev–Trinajstić information content (AvgIpc) is 3.03. The number of fused-ring (bicyclic) bond motifs is 1. The molecule has 1 aromatic heterocycles. The molecule has 1 aliphatic heterocycles. The molecule has 0 saturated carbocycles. The summed E-state index contributed by atoms with van der Waals surface area (Å²) in [5.41, 5.74) is 2.59. The Kier molecular flexibility index (Phi) is 3.72. The lowest BCUT2D eigenvalue weighted by Crippen LogP contribution is -2.18. The molecule has 0 spiro atoms. The van der Waals surface area contributed by atoms with Gasteiger partial charge in [-0.15, -0.1) is 0 Å². The van der Waals surface area contributed by atoms with Gasteiger partial charge in [-0.3, -0.25) is 9.48 Å². The van der Waals surface area contributed by atoms with E-state index < -0.39 is 0 Å². The van der Waals surface area contributed by atoms with E-state index in [4.69, 9.17) is 16.3 Å². The zero-order chi connectivity index (χ0) is 15.0. The van der Waals surface area contributed by atoms with Gasteiger partial charge in [0.05, 0.1) is 28.7 Å². The highest BCUT2D eigenvalue weighted by molar-refractivity contribution is 6.32. The molecule has 21 heavy (non-hydrogen) atoms. The van der Waals surface area contributed by atoms with Gasteiger partial charge in [0.15, 0.2) is 0 Å². The van der Waals surface area contributed by atoms with Crippen molar-refractivity contribution < 1.29 is 9.53 Å². The van der Waals surface area contributed by atoms with Crippen molar-refractivity contribution in [2.45, 2.75) is 25.7 Å². The maximum atomic E-state index is 12.6. The van der Waals surface area contributed by atoms with Gasteiger partial charge in [0, 0.05) is 12.6 Å². The molecule has 1 atom stereocenters. The molecule has 5 heteroatoms. The summed E-state index contributed by atoms with van der Waals surface area (Å²) in [6.07, 6.45) is 1.04. The number of para-hydroxylation sites is 1. The molecule has 1 unspecified atom stereocenters. The molecule has 1 aliphatic rings. The first kappa shape index (κ1) is 14.1. The lowest BCUT2D eigenvalue weighted by Gasteiger charge is -2.08. The third-order valence-electron chi connectivity index (χ3n) is 3.93. The van der Waals surface area contributed by atoms with E-state index in [2.05, 4.69) is 5.10 Å². The van der Waals surface area contributed by atoms with Gasteiger partial charge in [0.1, 0.15) is 18.1 Å². The number of halogens is 1. The quantitative estimate of drug-likeness (QED) is 0.872. The summed E-state index contributed by atoms with van der Waals surface area (Å²) in [6, 6.07) is 7.69. The van der Waals surface area contributed by atoms with Crippen molar-refractivity contribution in [3.63, 3.8) is 0 Å². The van der Waals surface area contributed by atoms with Crippen LogP contribution in [0.25, 0.3) is 0 Å². The lowest BCUT2D eigenvalue weighted by molar-refractivity contribution is -0.120. The molecule has 0 aliphatic carbocycles. The number of aryl methyl sites for hydroxylation is 2. The van der Waals surface area contributed by atoms with E-state index in [0.29, 0.717) is 11.6 Å². The van der Waals surface area contributed by atoms with E-state index in [1.807, 2.05) is 38.2 Å². The fourth-order valence-electron chi connectivity index (χ4n) is 2.73. The fraction of sp³-hybridized carbons (Fsp3) is 0.375. The Hall–Kier alpha value is -1.81. The molecule has 4 nitrogen and oxygen atoms in total. The van der Waals surface area contributed by atoms with Gasteiger partial charge in [0.25, 0.3) is 0 Å². The minimum Gasteiger partial charge on any atom is -0.492 e. The predicted octanol–water partition coefficient (Wildman–Crippen LogP) is 2.92. The first-order valence-electron chi connectivity index (χ1n) is 7.06. The number of hydrogen-bond acceptors (Lipinski definition) is 3. The van der Waals surface area contributed by atoms with Crippen molar-refractivity contribution in [3.05, 3.63) is 46.2 Å². The standard InChI is InChI=1S/C16H17ClN2O2/c1-3-12-16(17)13(19(2)18-12)8-14(20)11-9-21-15-7-5-4-6-10(11)15/h4-7,11H,3,8-9H2,1-2H3. The highest BCUT2D eigenvalue weighted by Crippen LogP contribution is 2.35. The summed E-state index contributed by atoms with van der Waals surface area (Å²) in [4.78, 5) is 12.6. The zero-order valence-electron chi connectivity index (χ0n) is 12.1. The van der Waals surface area contributed by atoms with Crippen molar-refractivity contribution in [2.75, 3.05) is 6.61 Å². The van der Waals surface area contributed by atoms with Gasteiger partial charge in [0.2, 0.25) is 0 Å². The van der Waals surface area contributed by atoms with Gasteiger partial charge in [-0.1, -0.05) is 36.7 Å². The Morgan fingerprint density at radius 1 is 1.48 bits per heavy atom. The van der Waals surface area contributed by atoms with Crippen LogP contribution in [0, 0.1) is 0 Å². The van der Waals surface area contributed by atoms with Crippen molar-refractivity contribution in [1.82, 2.24) is 9.78 Å². The lowest BCUT2D eigenvalue weighted by atomic mass is 9.94. The molecule has 110 valence electrons. The predicted molar refractivity (Wildman–Crippen MR) is 81.0 cm³/mol. The second kappa shape index (κ2) is 5.53. The van der Waals surface area contributed by atoms with Crippen LogP contribution in [0.2, 0.25) is 5.02 Å². The Labute approximate surface area is 128 Å². The second-order valence-corrected chi connectivity index (χ2v) is 5.61. The molecule has 0 bridgehead atoms. The first-order valence-corrected chi connectivity index (χ1v) is 7.44. The van der Waals surface area contributed by atoms with Crippen LogP contribution in [0.3, 0.4) is 0 Å². The number of aromatic nitrogens is 2. The van der Waals surface area contributed by atoms with E-state index in [9.17, 15) is 4.79 Å². The molecule has 2 heterocycles. The number of ether oxygens (including phenoxy) is 1. The van der Waals surface area contributed by atoms with Crippen LogP contribution in [-0.2, 0) is 24.7 Å². The van der Waals surface area contributed by atoms with Gasteiger partial charge >= 0.3 is 0 Å². The number of hydrogen-bond donors (Lipinski definition) is 0. The Balaban J connectivity index is 1.84. The molecule has 0 amide bonds. The van der Waals surface area contributed by atoms with Gasteiger partial charge in [-0.25, -0.2) is 0 Å². The zero-order valence-corrected chi connectivity index (χ0v) is 12.9. The highest BCUT2D eigenvalue weighted by atomic mass is 35.5. The van der Waals surface area contributed by atoms with Gasteiger partial charge < -0.3 is 4.74 Å². The Morgan fingerprint density at radius 3 is 2.95 bits per heavy atom. The monoisotopic (exact) mass is 304 g/mol. The molecule has 0 fully saturated rings. The SMILES string of the molecule is CCc1nn(C)c(CC(=O)C2COc3ccccc32)c1Cl. The summed E-state index contributed by atoms with van der Waals surface area (Å²) < 4.78 is 7.29. The van der Waals surface area contributed by atoms with Crippen LogP contribution in [0.15, 0.2) is 24.3 Å². The van der Waals surface area contributed by atoms with E-state index in [0.717, 1.165) is 29.1 Å².